The van der Waals surface area contributed by atoms with Gasteiger partial charge in [0.25, 0.3) is 0 Å². The zero-order valence-electron chi connectivity index (χ0n) is 18.3. The summed E-state index contributed by atoms with van der Waals surface area (Å²) < 4.78 is 5.04. The number of rotatable bonds is 7. The number of amides is 1. The molecule has 0 atom stereocenters. The third kappa shape index (κ3) is 4.61. The monoisotopic (exact) mass is 446 g/mol. The number of carbonyl (C=O) groups is 2. The van der Waals surface area contributed by atoms with Crippen LogP contribution in [0.3, 0.4) is 0 Å². The molecule has 0 radical (unpaired) electrons. The van der Waals surface area contributed by atoms with Gasteiger partial charge >= 0.3 is 5.76 Å². The third-order valence-corrected chi connectivity index (χ3v) is 6.41. The van der Waals surface area contributed by atoms with Crippen LogP contribution in [0.4, 0.5) is 0 Å². The number of para-hydroxylation sites is 1. The van der Waals surface area contributed by atoms with Crippen LogP contribution in [-0.4, -0.2) is 64.2 Å². The molecule has 8 heteroatoms. The lowest BCUT2D eigenvalue weighted by atomic mass is 10.1. The molecular formula is C25H26N4O4. The maximum atomic E-state index is 12.7. The van der Waals surface area contributed by atoms with Gasteiger partial charge in [-0.05, 0) is 36.2 Å². The molecule has 2 aromatic carbocycles. The number of nitrogens with one attached hydrogen (secondary N) is 2. The number of piperazine rings is 1. The molecule has 0 saturated carbocycles. The van der Waals surface area contributed by atoms with Crippen LogP contribution in [-0.2, 0) is 11.2 Å². The number of aromatic nitrogens is 2. The summed E-state index contributed by atoms with van der Waals surface area (Å²) in [7, 11) is 0. The zero-order valence-corrected chi connectivity index (χ0v) is 18.3. The van der Waals surface area contributed by atoms with E-state index in [2.05, 4.69) is 20.9 Å². The second kappa shape index (κ2) is 9.07. The van der Waals surface area contributed by atoms with Gasteiger partial charge in [0.05, 0.1) is 5.52 Å². The Bertz CT molecular complexity index is 1360. The quantitative estimate of drug-likeness (QED) is 0.425. The van der Waals surface area contributed by atoms with Crippen molar-refractivity contribution < 1.29 is 14.0 Å². The summed E-state index contributed by atoms with van der Waals surface area (Å²) in [4.78, 5) is 46.5. The molecule has 1 fully saturated rings. The zero-order chi connectivity index (χ0) is 22.8. The van der Waals surface area contributed by atoms with E-state index < -0.39 is 5.76 Å². The molecule has 33 heavy (non-hydrogen) atoms. The molecule has 4 aromatic rings. The van der Waals surface area contributed by atoms with Crippen molar-refractivity contribution in [2.24, 2.45) is 0 Å². The number of fused-ring (bicyclic) bond motifs is 2. The highest BCUT2D eigenvalue weighted by Crippen LogP contribution is 2.20. The van der Waals surface area contributed by atoms with Crippen LogP contribution in [0, 0.1) is 0 Å². The van der Waals surface area contributed by atoms with Gasteiger partial charge < -0.3 is 14.3 Å². The normalized spacial score (nSPS) is 14.8. The van der Waals surface area contributed by atoms with Crippen LogP contribution in [0.15, 0.2) is 57.9 Å². The fourth-order valence-electron chi connectivity index (χ4n) is 4.48. The molecule has 1 aliphatic rings. The standard InChI is InChI=1S/C25H26N4O4/c30-22(17-5-7-21-23(15-17)33-25(32)27-21)9-10-28-11-13-29(14-12-28)24(31)8-6-18-16-26-20-4-2-1-3-19(18)20/h1-5,7,15-16,26H,6,8-14H2,(H,27,32). The summed E-state index contributed by atoms with van der Waals surface area (Å²) in [5.41, 5.74) is 3.79. The lowest BCUT2D eigenvalue weighted by molar-refractivity contribution is -0.132. The molecule has 170 valence electrons. The summed E-state index contributed by atoms with van der Waals surface area (Å²) in [6.45, 7) is 3.53. The number of benzene rings is 2. The SMILES string of the molecule is O=C(CCN1CCN(C(=O)CCc2c[nH]c3ccccc23)CC1)c1ccc2[nH]c(=O)oc2c1. The Hall–Kier alpha value is -3.65. The van der Waals surface area contributed by atoms with E-state index in [4.69, 9.17) is 4.42 Å². The molecule has 8 nitrogen and oxygen atoms in total. The van der Waals surface area contributed by atoms with Gasteiger partial charge in [-0.15, -0.1) is 0 Å². The first-order valence-corrected chi connectivity index (χ1v) is 11.3. The van der Waals surface area contributed by atoms with Crippen LogP contribution in [0.1, 0.15) is 28.8 Å². The molecule has 0 aliphatic carbocycles. The summed E-state index contributed by atoms with van der Waals surface area (Å²) in [5, 5.41) is 1.18. The van der Waals surface area contributed by atoms with Crippen molar-refractivity contribution in [3.05, 3.63) is 70.3 Å². The smallest absolute Gasteiger partial charge is 0.408 e. The molecule has 0 spiro atoms. The van der Waals surface area contributed by atoms with E-state index in [0.717, 1.165) is 25.0 Å². The maximum Gasteiger partial charge on any atom is 0.417 e. The predicted molar refractivity (Wildman–Crippen MR) is 125 cm³/mol. The highest BCUT2D eigenvalue weighted by atomic mass is 16.4. The number of Topliss-reactive ketones (excluding diaryl/α,β-unsaturated/α-hetero) is 1. The minimum Gasteiger partial charge on any atom is -0.408 e. The number of hydrogen-bond donors (Lipinski definition) is 2. The van der Waals surface area contributed by atoms with E-state index in [0.29, 0.717) is 49.1 Å². The Morgan fingerprint density at radius 2 is 1.79 bits per heavy atom. The molecule has 1 aliphatic heterocycles. The van der Waals surface area contributed by atoms with Crippen molar-refractivity contribution in [3.8, 4) is 0 Å². The Kier molecular flexibility index (Phi) is 5.83. The highest BCUT2D eigenvalue weighted by molar-refractivity contribution is 5.98. The molecular weight excluding hydrogens is 420 g/mol. The van der Waals surface area contributed by atoms with Crippen molar-refractivity contribution >= 4 is 33.7 Å². The largest absolute Gasteiger partial charge is 0.417 e. The van der Waals surface area contributed by atoms with Crippen LogP contribution in [0.25, 0.3) is 22.0 Å². The van der Waals surface area contributed by atoms with Gasteiger partial charge in [0, 0.05) is 68.2 Å². The van der Waals surface area contributed by atoms with Gasteiger partial charge in [-0.3, -0.25) is 19.5 Å². The summed E-state index contributed by atoms with van der Waals surface area (Å²) in [6, 6.07) is 13.1. The van der Waals surface area contributed by atoms with Gasteiger partial charge in [0.2, 0.25) is 5.91 Å². The first kappa shape index (κ1) is 21.2. The van der Waals surface area contributed by atoms with Crippen molar-refractivity contribution in [1.29, 1.82) is 0 Å². The van der Waals surface area contributed by atoms with Crippen LogP contribution < -0.4 is 5.76 Å². The van der Waals surface area contributed by atoms with E-state index in [1.165, 1.54) is 10.9 Å². The van der Waals surface area contributed by atoms with Gasteiger partial charge in [-0.25, -0.2) is 4.79 Å². The van der Waals surface area contributed by atoms with Crippen LogP contribution in [0.2, 0.25) is 0 Å². The topological polar surface area (TPSA) is 102 Å². The Labute approximate surface area is 190 Å². The van der Waals surface area contributed by atoms with Crippen molar-refractivity contribution in [1.82, 2.24) is 19.8 Å². The number of H-pyrrole nitrogens is 2. The van der Waals surface area contributed by atoms with Crippen molar-refractivity contribution in [3.63, 3.8) is 0 Å². The summed E-state index contributed by atoms with van der Waals surface area (Å²) in [6.07, 6.45) is 3.60. The Balaban J connectivity index is 1.08. The number of ketones is 1. The fourth-order valence-corrected chi connectivity index (χ4v) is 4.48. The van der Waals surface area contributed by atoms with E-state index >= 15 is 0 Å². The molecule has 2 N–H and O–H groups in total. The number of nitrogens with zero attached hydrogens (tertiary/aromatic N) is 2. The van der Waals surface area contributed by atoms with E-state index in [9.17, 15) is 14.4 Å². The van der Waals surface area contributed by atoms with E-state index in [1.54, 1.807) is 18.2 Å². The second-order valence-electron chi connectivity index (χ2n) is 8.48. The molecule has 3 heterocycles. The van der Waals surface area contributed by atoms with E-state index in [1.807, 2.05) is 29.3 Å². The lowest BCUT2D eigenvalue weighted by Crippen LogP contribution is -2.49. The number of oxazole rings is 1. The van der Waals surface area contributed by atoms with Crippen molar-refractivity contribution in [2.45, 2.75) is 19.3 Å². The van der Waals surface area contributed by atoms with Crippen LogP contribution in [0.5, 0.6) is 0 Å². The molecule has 5 rings (SSSR count). The van der Waals surface area contributed by atoms with E-state index in [-0.39, 0.29) is 11.7 Å². The first-order chi connectivity index (χ1) is 16.1. The second-order valence-corrected chi connectivity index (χ2v) is 8.48. The average molecular weight is 447 g/mol. The van der Waals surface area contributed by atoms with Gasteiger partial charge in [0.1, 0.15) is 0 Å². The number of aromatic amines is 2. The summed E-state index contributed by atoms with van der Waals surface area (Å²) in [5.74, 6) is -0.334. The molecule has 0 unspecified atom stereocenters. The van der Waals surface area contributed by atoms with Crippen LogP contribution >= 0.6 is 0 Å². The van der Waals surface area contributed by atoms with Gasteiger partial charge in [0.15, 0.2) is 11.4 Å². The third-order valence-electron chi connectivity index (χ3n) is 6.41. The number of aryl methyl sites for hydroxylation is 1. The fraction of sp³-hybridized carbons (Fsp3) is 0.320. The Morgan fingerprint density at radius 3 is 2.64 bits per heavy atom. The first-order valence-electron chi connectivity index (χ1n) is 11.3. The number of carbonyl (C=O) groups excluding carboxylic acids is 2. The molecule has 0 bridgehead atoms. The predicted octanol–water partition coefficient (Wildman–Crippen LogP) is 2.95. The highest BCUT2D eigenvalue weighted by Gasteiger charge is 2.22. The minimum absolute atomic E-state index is 0.0120. The van der Waals surface area contributed by atoms with Gasteiger partial charge in [-0.1, -0.05) is 18.2 Å². The molecule has 2 aromatic heterocycles. The number of hydrogen-bond acceptors (Lipinski definition) is 5. The van der Waals surface area contributed by atoms with Gasteiger partial charge in [-0.2, -0.15) is 0 Å². The minimum atomic E-state index is -0.525. The maximum absolute atomic E-state index is 12.7. The lowest BCUT2D eigenvalue weighted by Gasteiger charge is -2.34. The van der Waals surface area contributed by atoms with Crippen molar-refractivity contribution in [2.75, 3.05) is 32.7 Å². The average Bonchev–Trinajstić information content (AvgIpc) is 3.43. The molecule has 1 saturated heterocycles. The molecule has 1 amide bonds. The Morgan fingerprint density at radius 1 is 0.970 bits per heavy atom. The summed E-state index contributed by atoms with van der Waals surface area (Å²) >= 11 is 0.